The van der Waals surface area contributed by atoms with Crippen LogP contribution in [0.25, 0.3) is 0 Å². The fourth-order valence-corrected chi connectivity index (χ4v) is 4.65. The fourth-order valence-electron chi connectivity index (χ4n) is 3.64. The van der Waals surface area contributed by atoms with Crippen molar-refractivity contribution in [1.82, 2.24) is 0 Å². The summed E-state index contributed by atoms with van der Waals surface area (Å²) >= 11 is 1.51. The van der Waals surface area contributed by atoms with E-state index in [0.717, 1.165) is 47.7 Å². The molecule has 0 bridgehead atoms. The number of ether oxygens (including phenoxy) is 1. The highest BCUT2D eigenvalue weighted by Crippen LogP contribution is 2.30. The zero-order chi connectivity index (χ0) is 21.3. The first kappa shape index (κ1) is 22.2. The van der Waals surface area contributed by atoms with Crippen molar-refractivity contribution in [2.75, 3.05) is 17.7 Å². The molecule has 1 saturated carbocycles. The van der Waals surface area contributed by atoms with E-state index in [1.165, 1.54) is 18.2 Å². The number of thioether (sulfide) groups is 1. The van der Waals surface area contributed by atoms with Gasteiger partial charge in [0.1, 0.15) is 5.75 Å². The van der Waals surface area contributed by atoms with Gasteiger partial charge in [-0.3, -0.25) is 9.59 Å². The molecule has 160 valence electrons. The van der Waals surface area contributed by atoms with E-state index in [0.29, 0.717) is 6.42 Å². The van der Waals surface area contributed by atoms with Crippen molar-refractivity contribution < 1.29 is 14.3 Å². The van der Waals surface area contributed by atoms with Crippen LogP contribution >= 0.6 is 11.8 Å². The molecule has 2 amide bonds. The Morgan fingerprint density at radius 1 is 1.03 bits per heavy atom. The van der Waals surface area contributed by atoms with Gasteiger partial charge in [-0.1, -0.05) is 32.3 Å². The quantitative estimate of drug-likeness (QED) is 0.530. The molecular formula is C24H30N2O3S. The van der Waals surface area contributed by atoms with Gasteiger partial charge in [0.15, 0.2) is 0 Å². The third-order valence-corrected chi connectivity index (χ3v) is 6.73. The lowest BCUT2D eigenvalue weighted by molar-refractivity contribution is -0.120. The molecule has 1 aliphatic rings. The third kappa shape index (κ3) is 6.26. The number of nitrogens with one attached hydrogen (secondary N) is 2. The van der Waals surface area contributed by atoms with Crippen LogP contribution in [0.2, 0.25) is 0 Å². The van der Waals surface area contributed by atoms with Gasteiger partial charge in [-0.15, -0.1) is 11.8 Å². The van der Waals surface area contributed by atoms with Crippen LogP contribution in [0.15, 0.2) is 53.4 Å². The first-order valence-electron chi connectivity index (χ1n) is 10.6. The average Bonchev–Trinajstić information content (AvgIpc) is 2.78. The molecule has 0 aliphatic heterocycles. The predicted molar refractivity (Wildman–Crippen MR) is 123 cm³/mol. The molecule has 30 heavy (non-hydrogen) atoms. The zero-order valence-electron chi connectivity index (χ0n) is 17.6. The van der Waals surface area contributed by atoms with Gasteiger partial charge in [0.05, 0.1) is 12.4 Å². The van der Waals surface area contributed by atoms with E-state index in [-0.39, 0.29) is 23.0 Å². The lowest BCUT2D eigenvalue weighted by Crippen LogP contribution is -2.25. The first-order chi connectivity index (χ1) is 14.6. The van der Waals surface area contributed by atoms with E-state index in [2.05, 4.69) is 10.6 Å². The molecule has 5 nitrogen and oxygen atoms in total. The molecule has 1 atom stereocenters. The van der Waals surface area contributed by atoms with Crippen molar-refractivity contribution >= 4 is 35.0 Å². The Hall–Kier alpha value is -2.47. The summed E-state index contributed by atoms with van der Waals surface area (Å²) in [5.74, 6) is 0.945. The third-order valence-electron chi connectivity index (χ3n) is 5.38. The van der Waals surface area contributed by atoms with Crippen LogP contribution in [0.5, 0.6) is 5.75 Å². The number of carbonyl (C=O) groups excluding carboxylic acids is 2. The second kappa shape index (κ2) is 11.1. The molecule has 0 saturated heterocycles. The molecule has 2 aromatic carbocycles. The SMILES string of the molecule is CCC(Sc1cccc(NC(=O)C2CCCCC2)c1)C(=O)Nc1ccc(OC)cc1. The standard InChI is InChI=1S/C24H30N2O3S/c1-3-22(24(28)25-18-12-14-20(29-2)15-13-18)30-21-11-7-10-19(16-21)26-23(27)17-8-5-4-6-9-17/h7,10-17,22H,3-6,8-9H2,1-2H3,(H,25,28)(H,26,27). The number of anilines is 2. The minimum Gasteiger partial charge on any atom is -0.497 e. The largest absolute Gasteiger partial charge is 0.497 e. The molecule has 0 aromatic heterocycles. The van der Waals surface area contributed by atoms with Crippen molar-refractivity contribution in [2.45, 2.75) is 55.6 Å². The monoisotopic (exact) mass is 426 g/mol. The van der Waals surface area contributed by atoms with E-state index in [1.54, 1.807) is 7.11 Å². The average molecular weight is 427 g/mol. The van der Waals surface area contributed by atoms with E-state index >= 15 is 0 Å². The molecule has 1 fully saturated rings. The van der Waals surface area contributed by atoms with Gasteiger partial charge in [-0.05, 0) is 61.7 Å². The van der Waals surface area contributed by atoms with Gasteiger partial charge in [0.25, 0.3) is 0 Å². The smallest absolute Gasteiger partial charge is 0.237 e. The maximum absolute atomic E-state index is 12.7. The summed E-state index contributed by atoms with van der Waals surface area (Å²) in [4.78, 5) is 26.2. The molecule has 2 aromatic rings. The van der Waals surface area contributed by atoms with Gasteiger partial charge in [0.2, 0.25) is 11.8 Å². The molecule has 1 unspecified atom stereocenters. The second-order valence-corrected chi connectivity index (χ2v) is 8.86. The summed E-state index contributed by atoms with van der Waals surface area (Å²) in [6, 6.07) is 15.1. The summed E-state index contributed by atoms with van der Waals surface area (Å²) in [5, 5.41) is 5.80. The minimum atomic E-state index is -0.226. The molecular weight excluding hydrogens is 396 g/mol. The van der Waals surface area contributed by atoms with Gasteiger partial charge in [0, 0.05) is 22.2 Å². The maximum atomic E-state index is 12.7. The van der Waals surface area contributed by atoms with Gasteiger partial charge < -0.3 is 15.4 Å². The highest BCUT2D eigenvalue weighted by atomic mass is 32.2. The number of methoxy groups -OCH3 is 1. The lowest BCUT2D eigenvalue weighted by Gasteiger charge is -2.21. The van der Waals surface area contributed by atoms with Crippen LogP contribution in [-0.2, 0) is 9.59 Å². The van der Waals surface area contributed by atoms with Crippen LogP contribution in [0.4, 0.5) is 11.4 Å². The molecule has 0 heterocycles. The molecule has 1 aliphatic carbocycles. The van der Waals surface area contributed by atoms with Crippen LogP contribution in [0.1, 0.15) is 45.4 Å². The normalized spacial score (nSPS) is 15.3. The summed E-state index contributed by atoms with van der Waals surface area (Å²) in [6.45, 7) is 2.00. The van der Waals surface area contributed by atoms with E-state index in [9.17, 15) is 9.59 Å². The lowest BCUT2D eigenvalue weighted by atomic mass is 9.88. The van der Waals surface area contributed by atoms with E-state index < -0.39 is 0 Å². The Bertz CT molecular complexity index is 848. The number of carbonyl (C=O) groups is 2. The van der Waals surface area contributed by atoms with E-state index in [4.69, 9.17) is 4.74 Å². The van der Waals surface area contributed by atoms with Crippen LogP contribution in [0, 0.1) is 5.92 Å². The zero-order valence-corrected chi connectivity index (χ0v) is 18.5. The fraction of sp³-hybridized carbons (Fsp3) is 0.417. The van der Waals surface area contributed by atoms with Crippen molar-refractivity contribution in [3.05, 3.63) is 48.5 Å². The second-order valence-electron chi connectivity index (χ2n) is 7.58. The van der Waals surface area contributed by atoms with Crippen LogP contribution < -0.4 is 15.4 Å². The minimum absolute atomic E-state index is 0.0377. The van der Waals surface area contributed by atoms with Gasteiger partial charge >= 0.3 is 0 Å². The number of rotatable bonds is 8. The Kier molecular flexibility index (Phi) is 8.20. The Labute approximate surface area is 183 Å². The summed E-state index contributed by atoms with van der Waals surface area (Å²) in [7, 11) is 1.61. The van der Waals surface area contributed by atoms with Gasteiger partial charge in [-0.25, -0.2) is 0 Å². The summed E-state index contributed by atoms with van der Waals surface area (Å²) in [6.07, 6.45) is 6.15. The van der Waals surface area contributed by atoms with Crippen molar-refractivity contribution in [3.63, 3.8) is 0 Å². The summed E-state index contributed by atoms with van der Waals surface area (Å²) in [5.41, 5.74) is 1.54. The number of hydrogen-bond acceptors (Lipinski definition) is 4. The Morgan fingerprint density at radius 3 is 2.43 bits per heavy atom. The highest BCUT2D eigenvalue weighted by Gasteiger charge is 2.22. The first-order valence-corrected chi connectivity index (χ1v) is 11.5. The van der Waals surface area contributed by atoms with Crippen molar-refractivity contribution in [3.8, 4) is 5.75 Å². The van der Waals surface area contributed by atoms with Crippen molar-refractivity contribution in [2.24, 2.45) is 5.92 Å². The maximum Gasteiger partial charge on any atom is 0.237 e. The summed E-state index contributed by atoms with van der Waals surface area (Å²) < 4.78 is 5.15. The number of benzene rings is 2. The molecule has 0 radical (unpaired) electrons. The number of hydrogen-bond donors (Lipinski definition) is 2. The topological polar surface area (TPSA) is 67.4 Å². The predicted octanol–water partition coefficient (Wildman–Crippen LogP) is 5.72. The van der Waals surface area contributed by atoms with Crippen LogP contribution in [0.3, 0.4) is 0 Å². The van der Waals surface area contributed by atoms with Gasteiger partial charge in [-0.2, -0.15) is 0 Å². The highest BCUT2D eigenvalue weighted by molar-refractivity contribution is 8.00. The molecule has 3 rings (SSSR count). The Balaban J connectivity index is 1.59. The van der Waals surface area contributed by atoms with E-state index in [1.807, 2.05) is 55.5 Å². The molecule has 2 N–H and O–H groups in total. The van der Waals surface area contributed by atoms with Crippen LogP contribution in [-0.4, -0.2) is 24.2 Å². The Morgan fingerprint density at radius 2 is 1.77 bits per heavy atom. The molecule has 6 heteroatoms. The molecule has 0 spiro atoms. The van der Waals surface area contributed by atoms with Crippen molar-refractivity contribution in [1.29, 1.82) is 0 Å². The number of amides is 2.